The van der Waals surface area contributed by atoms with Gasteiger partial charge in [-0.15, -0.1) is 0 Å². The zero-order chi connectivity index (χ0) is 47.6. The number of amides is 2. The van der Waals surface area contributed by atoms with Gasteiger partial charge in [0.25, 0.3) is 0 Å². The summed E-state index contributed by atoms with van der Waals surface area (Å²) in [5.74, 6) is -1.72. The largest absolute Gasteiger partial charge is 0.481 e. The fraction of sp³-hybridized carbons (Fsp3) is 0.727. The van der Waals surface area contributed by atoms with Gasteiger partial charge in [-0.2, -0.15) is 4.31 Å². The number of carbonyl (C=O) groups is 4. The molecule has 2 aromatic rings. The van der Waals surface area contributed by atoms with Crippen molar-refractivity contribution in [3.8, 4) is 0 Å². The van der Waals surface area contributed by atoms with E-state index in [-0.39, 0.29) is 41.6 Å². The lowest BCUT2D eigenvalue weighted by Gasteiger charge is -2.30. The van der Waals surface area contributed by atoms with Crippen molar-refractivity contribution in [2.24, 2.45) is 5.41 Å². The van der Waals surface area contributed by atoms with Crippen molar-refractivity contribution in [1.29, 1.82) is 0 Å². The van der Waals surface area contributed by atoms with Gasteiger partial charge >= 0.3 is 29.4 Å². The van der Waals surface area contributed by atoms with Crippen molar-refractivity contribution in [1.82, 2.24) is 30.2 Å². The van der Waals surface area contributed by atoms with Gasteiger partial charge < -0.3 is 56.0 Å². The van der Waals surface area contributed by atoms with E-state index in [1.54, 1.807) is 0 Å². The molecule has 2 amide bonds. The number of nitrogens with one attached hydrogen (secondary N) is 2. The fourth-order valence-corrected chi connectivity index (χ4v) is 8.96. The third-order valence-electron chi connectivity index (χ3n) is 8.74. The summed E-state index contributed by atoms with van der Waals surface area (Å²) < 4.78 is 62.1. The number of thioether (sulfide) groups is 1. The van der Waals surface area contributed by atoms with E-state index in [9.17, 15) is 62.7 Å². The number of aliphatic hydroxyl groups excluding tert-OH is 2. The highest BCUT2D eigenvalue weighted by atomic mass is 32.2. The Labute approximate surface area is 366 Å². The maximum absolute atomic E-state index is 12.7. The smallest absolute Gasteiger partial charge is 0.481 e. The number of nitrogens with two attached hydrogens (primary N) is 1. The number of anilines is 1. The third-order valence-corrected chi connectivity index (χ3v) is 12.8. The fourth-order valence-electron chi connectivity index (χ4n) is 5.41. The number of aliphatic hydroxyl groups is 2. The summed E-state index contributed by atoms with van der Waals surface area (Å²) in [4.78, 5) is 97.2. The zero-order valence-electron chi connectivity index (χ0n) is 35.1. The lowest BCUT2D eigenvalue weighted by Crippen LogP contribution is -2.46. The quantitative estimate of drug-likeness (QED) is 0.0451. The molecule has 0 bridgehead atoms. The van der Waals surface area contributed by atoms with Crippen LogP contribution in [0.2, 0.25) is 0 Å². The van der Waals surface area contributed by atoms with Gasteiger partial charge in [0, 0.05) is 43.5 Å². The molecule has 0 saturated carbocycles. The number of carboxylic acid groups (broad SMARTS) is 1. The number of hydrogen-bond acceptors (Lipinski definition) is 19. The van der Waals surface area contributed by atoms with E-state index in [1.807, 2.05) is 6.92 Å². The van der Waals surface area contributed by atoms with Crippen molar-refractivity contribution < 1.29 is 90.4 Å². The highest BCUT2D eigenvalue weighted by Gasteiger charge is 2.50. The Hall–Kier alpha value is -2.97. The minimum absolute atomic E-state index is 0.0321. The van der Waals surface area contributed by atoms with Crippen LogP contribution in [0.4, 0.5) is 5.82 Å². The van der Waals surface area contributed by atoms with Crippen LogP contribution in [0.25, 0.3) is 11.2 Å². The molecule has 63 heavy (non-hydrogen) atoms. The molecule has 0 radical (unpaired) electrons. The van der Waals surface area contributed by atoms with Crippen LogP contribution in [-0.4, -0.2) is 134 Å². The molecule has 0 aromatic carbocycles. The standard InChI is InChI=1S/C27H46N7O17P3S.C6H12O2/c1-4-5-6-7-18(36)55-11-10-29-17(35)8-9-30-25(39)22(38)27(2,3)13-48-54(45,46)51-53(43,44)47-12-16-21(50-52(40,41)42)20(37)26(49-16)34-15-33-19-23(28)31-14-32-24(19)34;1-2-3-4-5-6(7)8/h14-16,20-22,26,37-38H,4-13H2,1-3H3,(H,29,35)(H,30,39)(H,43,44)(H,45,46)(H2,28,31,32)(H2,40,41,42);2-5H2,1H3,(H,7,8)/t16-,20-,21-,22+,26-;/m1./s1. The monoisotopic (exact) mass is 981 g/mol. The number of nitrogen functional groups attached to an aromatic ring is 1. The predicted octanol–water partition coefficient (Wildman–Crippen LogP) is 1.90. The summed E-state index contributed by atoms with van der Waals surface area (Å²) in [5.41, 5.74) is 4.27. The Morgan fingerprint density at radius 1 is 0.937 bits per heavy atom. The summed E-state index contributed by atoms with van der Waals surface area (Å²) in [7, 11) is -16.4. The van der Waals surface area contributed by atoms with Crippen LogP contribution in [0.1, 0.15) is 91.7 Å². The molecule has 1 aliphatic heterocycles. The van der Waals surface area contributed by atoms with E-state index in [1.165, 1.54) is 13.8 Å². The van der Waals surface area contributed by atoms with Crippen molar-refractivity contribution in [2.75, 3.05) is 37.8 Å². The molecular weight excluding hydrogens is 923 g/mol. The Balaban J connectivity index is 0.00000155. The highest BCUT2D eigenvalue weighted by Crippen LogP contribution is 2.61. The highest BCUT2D eigenvalue weighted by molar-refractivity contribution is 8.13. The number of rotatable bonds is 27. The van der Waals surface area contributed by atoms with Crippen LogP contribution in [0.5, 0.6) is 0 Å². The van der Waals surface area contributed by atoms with Crippen molar-refractivity contribution in [2.45, 2.75) is 116 Å². The van der Waals surface area contributed by atoms with E-state index in [0.29, 0.717) is 18.6 Å². The van der Waals surface area contributed by atoms with E-state index < -0.39 is 90.5 Å². The number of fused-ring (bicyclic) bond motifs is 1. The normalized spacial score (nSPS) is 20.2. The number of hydrogen-bond donors (Lipinski definition) is 10. The second-order valence-electron chi connectivity index (χ2n) is 14.6. The number of aliphatic carboxylic acids is 1. The van der Waals surface area contributed by atoms with Gasteiger partial charge in [-0.05, 0) is 12.8 Å². The lowest BCUT2D eigenvalue weighted by molar-refractivity contribution is -0.137. The summed E-state index contributed by atoms with van der Waals surface area (Å²) in [6.45, 7) is 4.64. The van der Waals surface area contributed by atoms with Crippen LogP contribution in [0.15, 0.2) is 12.7 Å². The Bertz CT molecular complexity index is 1960. The average Bonchev–Trinajstić information content (AvgIpc) is 3.75. The van der Waals surface area contributed by atoms with Gasteiger partial charge in [0.1, 0.15) is 36.3 Å². The van der Waals surface area contributed by atoms with Crippen LogP contribution in [-0.2, 0) is 55.5 Å². The second kappa shape index (κ2) is 26.2. The number of imidazole rings is 1. The van der Waals surface area contributed by atoms with Gasteiger partial charge in [0.15, 0.2) is 22.8 Å². The minimum Gasteiger partial charge on any atom is -0.481 e. The number of phosphoric ester groups is 3. The minimum atomic E-state index is -5.56. The molecule has 2 aromatic heterocycles. The Morgan fingerprint density at radius 2 is 1.57 bits per heavy atom. The van der Waals surface area contributed by atoms with Crippen molar-refractivity contribution >= 4 is 75.1 Å². The van der Waals surface area contributed by atoms with Gasteiger partial charge in [-0.25, -0.2) is 28.6 Å². The SMILES string of the molecule is CCCCCC(=O)O.CCCCCC(=O)SCCNC(=O)CCNC(=O)[C@H](O)C(C)(C)COP(=O)(O)OP(=O)(O)OC[C@H]1O[C@@H](n2cnc3c(N)ncnc32)[C@H](O)[C@@H]1OP(=O)(O)O. The summed E-state index contributed by atoms with van der Waals surface area (Å²) in [6, 6.07) is 0. The molecular formula is C33H58N7O19P3S. The summed E-state index contributed by atoms with van der Waals surface area (Å²) >= 11 is 1.12. The molecule has 3 rings (SSSR count). The van der Waals surface area contributed by atoms with Gasteiger partial charge in [-0.3, -0.25) is 37.3 Å². The zero-order valence-corrected chi connectivity index (χ0v) is 38.6. The van der Waals surface area contributed by atoms with E-state index in [2.05, 4.69) is 41.3 Å². The van der Waals surface area contributed by atoms with Gasteiger partial charge in [-0.1, -0.05) is 65.1 Å². The predicted molar refractivity (Wildman–Crippen MR) is 223 cm³/mol. The van der Waals surface area contributed by atoms with Gasteiger partial charge in [0.2, 0.25) is 11.8 Å². The van der Waals surface area contributed by atoms with Crippen LogP contribution in [0.3, 0.4) is 0 Å². The second-order valence-corrected chi connectivity index (χ2v) is 20.0. The molecule has 1 aliphatic rings. The maximum atomic E-state index is 12.7. The third kappa shape index (κ3) is 20.4. The number of ether oxygens (including phenoxy) is 1. The number of unbranched alkanes of at least 4 members (excludes halogenated alkanes) is 4. The first-order chi connectivity index (χ1) is 29.3. The Kier molecular flexibility index (Phi) is 23.4. The molecule has 26 nitrogen and oxygen atoms in total. The van der Waals surface area contributed by atoms with E-state index >= 15 is 0 Å². The van der Waals surface area contributed by atoms with Gasteiger partial charge in [0.05, 0.1) is 19.5 Å². The number of nitrogens with zero attached hydrogens (tertiary/aromatic N) is 4. The molecule has 11 N–H and O–H groups in total. The first-order valence-corrected chi connectivity index (χ1v) is 25.1. The number of aromatic nitrogens is 4. The van der Waals surface area contributed by atoms with Crippen LogP contribution >= 0.6 is 35.2 Å². The number of carboxylic acids is 1. The first kappa shape index (κ1) is 56.2. The molecule has 7 atom stereocenters. The molecule has 1 saturated heterocycles. The average molecular weight is 982 g/mol. The summed E-state index contributed by atoms with van der Waals surface area (Å²) in [6.07, 6.45) is -0.356. The topological polar surface area (TPSA) is 401 Å². The first-order valence-electron chi connectivity index (χ1n) is 19.6. The Morgan fingerprint density at radius 3 is 2.19 bits per heavy atom. The number of carbonyl (C=O) groups excluding carboxylic acids is 3. The van der Waals surface area contributed by atoms with E-state index in [0.717, 1.165) is 67.5 Å². The number of phosphoric acid groups is 3. The van der Waals surface area contributed by atoms with Crippen molar-refractivity contribution in [3.05, 3.63) is 12.7 Å². The molecule has 30 heteroatoms. The molecule has 2 unspecified atom stereocenters. The maximum Gasteiger partial charge on any atom is 0.481 e. The van der Waals surface area contributed by atoms with Crippen LogP contribution < -0.4 is 16.4 Å². The molecule has 0 aliphatic carbocycles. The van der Waals surface area contributed by atoms with Crippen LogP contribution in [0, 0.1) is 5.41 Å². The molecule has 360 valence electrons. The molecule has 3 heterocycles. The van der Waals surface area contributed by atoms with E-state index in [4.69, 9.17) is 24.6 Å². The van der Waals surface area contributed by atoms with Crippen molar-refractivity contribution in [3.63, 3.8) is 0 Å². The molecule has 1 fully saturated rings. The molecule has 0 spiro atoms. The summed E-state index contributed by atoms with van der Waals surface area (Å²) in [5, 5.41) is 34.5. The lowest BCUT2D eigenvalue weighted by atomic mass is 9.87.